The smallest absolute Gasteiger partial charge is 0.336 e. The predicted octanol–water partition coefficient (Wildman–Crippen LogP) is 0.0474. The number of carboxylic acid groups (broad SMARTS) is 1. The Morgan fingerprint density at radius 2 is 2.07 bits per heavy atom. The number of carbonyl (C=O) groups is 1. The summed E-state index contributed by atoms with van der Waals surface area (Å²) in [5.41, 5.74) is 5.81. The summed E-state index contributed by atoms with van der Waals surface area (Å²) in [7, 11) is 2.95. The first-order chi connectivity index (χ1) is 12.8. The number of carboxylic acids is 1. The van der Waals surface area contributed by atoms with Gasteiger partial charge in [-0.3, -0.25) is 19.1 Å². The summed E-state index contributed by atoms with van der Waals surface area (Å²) >= 11 is 0. The van der Waals surface area contributed by atoms with E-state index in [0.717, 1.165) is 4.57 Å². The topological polar surface area (TPSA) is 129 Å². The highest BCUT2D eigenvalue weighted by atomic mass is 16.5. The number of benzene rings is 1. The van der Waals surface area contributed by atoms with Crippen molar-refractivity contribution in [2.75, 3.05) is 7.11 Å². The molecule has 3 rings (SSSR count). The first-order valence-corrected chi connectivity index (χ1v) is 8.06. The molecule has 3 aromatic rings. The van der Waals surface area contributed by atoms with Gasteiger partial charge in [0.25, 0.3) is 5.56 Å². The van der Waals surface area contributed by atoms with Gasteiger partial charge in [0.15, 0.2) is 0 Å². The van der Waals surface area contributed by atoms with Crippen LogP contribution in [-0.4, -0.2) is 38.3 Å². The molecule has 2 heterocycles. The van der Waals surface area contributed by atoms with Gasteiger partial charge in [0.2, 0.25) is 0 Å². The number of hydrogen-bond acceptors (Lipinski definition) is 6. The third kappa shape index (κ3) is 3.20. The molecule has 2 aromatic heterocycles. The molecule has 0 radical (unpaired) electrons. The zero-order valence-electron chi connectivity index (χ0n) is 14.7. The van der Waals surface area contributed by atoms with Gasteiger partial charge in [0.1, 0.15) is 11.8 Å². The van der Waals surface area contributed by atoms with Crippen LogP contribution in [0.15, 0.2) is 46.2 Å². The lowest BCUT2D eigenvalue weighted by Gasteiger charge is -2.15. The summed E-state index contributed by atoms with van der Waals surface area (Å²) in [6, 6.07) is 5.20. The Bertz CT molecular complexity index is 1150. The van der Waals surface area contributed by atoms with E-state index in [1.165, 1.54) is 24.1 Å². The van der Waals surface area contributed by atoms with E-state index in [1.807, 2.05) is 0 Å². The molecule has 3 N–H and O–H groups in total. The van der Waals surface area contributed by atoms with Gasteiger partial charge in [-0.15, -0.1) is 0 Å². The molecule has 27 heavy (non-hydrogen) atoms. The van der Waals surface area contributed by atoms with Gasteiger partial charge < -0.3 is 15.6 Å². The third-order valence-electron chi connectivity index (χ3n) is 4.33. The number of aliphatic carboxylic acids is 1. The molecule has 1 unspecified atom stereocenters. The largest absolute Gasteiger partial charge is 0.495 e. The minimum absolute atomic E-state index is 0.0856. The maximum Gasteiger partial charge on any atom is 0.336 e. The normalized spacial score (nSPS) is 12.1. The number of nitrogens with zero attached hydrogens (tertiary/aromatic N) is 3. The van der Waals surface area contributed by atoms with E-state index in [0.29, 0.717) is 16.5 Å². The summed E-state index contributed by atoms with van der Waals surface area (Å²) < 4.78 is 7.68. The molecule has 1 aromatic carbocycles. The molecule has 0 aliphatic heterocycles. The molecule has 0 aliphatic rings. The molecule has 0 fully saturated rings. The Balaban J connectivity index is 2.21. The van der Waals surface area contributed by atoms with Crippen molar-refractivity contribution in [2.24, 2.45) is 12.8 Å². The van der Waals surface area contributed by atoms with Crippen LogP contribution in [0.3, 0.4) is 0 Å². The number of rotatable bonds is 5. The molecular formula is C18H18N4O5. The Morgan fingerprint density at radius 1 is 1.33 bits per heavy atom. The summed E-state index contributed by atoms with van der Waals surface area (Å²) in [5.74, 6) is -0.857. The van der Waals surface area contributed by atoms with Crippen LogP contribution < -0.4 is 21.7 Å². The second-order valence-electron chi connectivity index (χ2n) is 6.03. The molecular weight excluding hydrogens is 352 g/mol. The summed E-state index contributed by atoms with van der Waals surface area (Å²) in [4.78, 5) is 40.6. The fourth-order valence-electron chi connectivity index (χ4n) is 2.88. The second kappa shape index (κ2) is 7.04. The van der Waals surface area contributed by atoms with Crippen molar-refractivity contribution in [3.8, 4) is 11.4 Å². The highest BCUT2D eigenvalue weighted by Crippen LogP contribution is 2.23. The molecule has 140 valence electrons. The van der Waals surface area contributed by atoms with Crippen molar-refractivity contribution in [3.05, 3.63) is 63.1 Å². The zero-order chi connectivity index (χ0) is 19.7. The number of nitrogens with two attached hydrogens (primary N) is 1. The molecule has 1 atom stereocenters. The molecule has 0 saturated carbocycles. The number of aromatic nitrogens is 3. The van der Waals surface area contributed by atoms with Gasteiger partial charge in [-0.25, -0.2) is 9.36 Å². The second-order valence-corrected chi connectivity index (χ2v) is 6.03. The molecule has 9 heteroatoms. The lowest BCUT2D eigenvalue weighted by Crippen LogP contribution is -2.38. The van der Waals surface area contributed by atoms with Crippen molar-refractivity contribution in [1.29, 1.82) is 0 Å². The van der Waals surface area contributed by atoms with Gasteiger partial charge in [0, 0.05) is 13.2 Å². The van der Waals surface area contributed by atoms with E-state index in [-0.39, 0.29) is 17.9 Å². The van der Waals surface area contributed by atoms with E-state index in [4.69, 9.17) is 15.6 Å². The van der Waals surface area contributed by atoms with Gasteiger partial charge in [0.05, 0.1) is 29.9 Å². The molecule has 9 nitrogen and oxygen atoms in total. The quantitative estimate of drug-likeness (QED) is 0.649. The lowest BCUT2D eigenvalue weighted by molar-refractivity contribution is -0.138. The number of hydrogen-bond donors (Lipinski definition) is 2. The molecule has 0 amide bonds. The van der Waals surface area contributed by atoms with Crippen molar-refractivity contribution < 1.29 is 14.6 Å². The maximum atomic E-state index is 12.9. The van der Waals surface area contributed by atoms with Crippen LogP contribution in [0, 0.1) is 0 Å². The standard InChI is InChI=1S/C18H18N4O5/c1-21-14-9-20-6-5-11(14)16(23)22(18(21)26)13-4-3-10(8-15(13)27-2)7-12(19)17(24)25/h3-6,8-9,12H,7,19H2,1-2H3,(H,24,25). The van der Waals surface area contributed by atoms with Crippen LogP contribution in [0.5, 0.6) is 5.75 Å². The van der Waals surface area contributed by atoms with E-state index in [2.05, 4.69) is 4.98 Å². The van der Waals surface area contributed by atoms with Crippen LogP contribution in [0.1, 0.15) is 5.56 Å². The molecule has 0 bridgehead atoms. The molecule has 0 aliphatic carbocycles. The van der Waals surface area contributed by atoms with Crippen LogP contribution in [0.2, 0.25) is 0 Å². The Kier molecular flexibility index (Phi) is 4.78. The number of fused-ring (bicyclic) bond motifs is 1. The number of aryl methyl sites for hydroxylation is 1. The first-order valence-electron chi connectivity index (χ1n) is 8.06. The summed E-state index contributed by atoms with van der Waals surface area (Å²) in [6.45, 7) is 0. The van der Waals surface area contributed by atoms with Crippen LogP contribution in [0.25, 0.3) is 16.6 Å². The third-order valence-corrected chi connectivity index (χ3v) is 4.33. The average molecular weight is 370 g/mol. The fourth-order valence-corrected chi connectivity index (χ4v) is 2.88. The summed E-state index contributed by atoms with van der Waals surface area (Å²) in [5, 5.41) is 9.29. The van der Waals surface area contributed by atoms with Gasteiger partial charge >= 0.3 is 11.7 Å². The predicted molar refractivity (Wildman–Crippen MR) is 98.4 cm³/mol. The first kappa shape index (κ1) is 18.3. The average Bonchev–Trinajstić information content (AvgIpc) is 2.67. The van der Waals surface area contributed by atoms with Crippen molar-refractivity contribution >= 4 is 16.9 Å². The lowest BCUT2D eigenvalue weighted by atomic mass is 10.1. The van der Waals surface area contributed by atoms with Crippen LogP contribution in [-0.2, 0) is 18.3 Å². The highest BCUT2D eigenvalue weighted by Gasteiger charge is 2.18. The van der Waals surface area contributed by atoms with Crippen molar-refractivity contribution in [2.45, 2.75) is 12.5 Å². The van der Waals surface area contributed by atoms with Crippen molar-refractivity contribution in [1.82, 2.24) is 14.1 Å². The Morgan fingerprint density at radius 3 is 2.74 bits per heavy atom. The minimum atomic E-state index is -1.12. The van der Waals surface area contributed by atoms with Gasteiger partial charge in [-0.05, 0) is 30.2 Å². The monoisotopic (exact) mass is 370 g/mol. The van der Waals surface area contributed by atoms with E-state index >= 15 is 0 Å². The Labute approximate surface area is 153 Å². The zero-order valence-corrected chi connectivity index (χ0v) is 14.7. The maximum absolute atomic E-state index is 12.9. The van der Waals surface area contributed by atoms with Crippen LogP contribution >= 0.6 is 0 Å². The summed E-state index contributed by atoms with van der Waals surface area (Å²) in [6.07, 6.45) is 3.02. The fraction of sp³-hybridized carbons (Fsp3) is 0.222. The van der Waals surface area contributed by atoms with E-state index in [1.54, 1.807) is 31.3 Å². The van der Waals surface area contributed by atoms with E-state index < -0.39 is 23.3 Å². The highest BCUT2D eigenvalue weighted by molar-refractivity contribution is 5.77. The SMILES string of the molecule is COc1cc(CC(N)C(=O)O)ccc1-n1c(=O)c2ccncc2n(C)c1=O. The number of ether oxygens (including phenoxy) is 1. The van der Waals surface area contributed by atoms with Crippen molar-refractivity contribution in [3.63, 3.8) is 0 Å². The number of methoxy groups -OCH3 is 1. The number of pyridine rings is 1. The Hall–Kier alpha value is -3.46. The molecule has 0 spiro atoms. The van der Waals surface area contributed by atoms with Crippen LogP contribution in [0.4, 0.5) is 0 Å². The minimum Gasteiger partial charge on any atom is -0.495 e. The molecule has 0 saturated heterocycles. The van der Waals surface area contributed by atoms with Gasteiger partial charge in [-0.2, -0.15) is 0 Å². The van der Waals surface area contributed by atoms with Gasteiger partial charge in [-0.1, -0.05) is 6.07 Å². The van der Waals surface area contributed by atoms with E-state index in [9.17, 15) is 14.4 Å².